The Morgan fingerprint density at radius 2 is 1.55 bits per heavy atom. The molecule has 0 aliphatic heterocycles. The molecule has 0 radical (unpaired) electrons. The van der Waals surface area contributed by atoms with E-state index in [1.54, 1.807) is 7.11 Å². The van der Waals surface area contributed by atoms with Crippen molar-refractivity contribution in [3.05, 3.63) is 22.3 Å². The number of phenolic OH excluding ortho intramolecular Hbond substituents is 1. The zero-order valence-corrected chi connectivity index (χ0v) is 14.3. The molecule has 1 aromatic carbocycles. The molecule has 1 rings (SSSR count). The number of hydrogen-bond donors (Lipinski definition) is 1. The molecule has 0 fully saturated rings. The van der Waals surface area contributed by atoms with E-state index in [4.69, 9.17) is 9.53 Å². The second-order valence-electron chi connectivity index (χ2n) is 4.22. The highest BCUT2D eigenvalue weighted by atomic mass is 16.5. The van der Waals surface area contributed by atoms with Crippen molar-refractivity contribution < 1.29 is 14.6 Å². The van der Waals surface area contributed by atoms with Gasteiger partial charge in [0.15, 0.2) is 0 Å². The maximum atomic E-state index is 9.96. The van der Waals surface area contributed by atoms with Crippen LogP contribution in [0, 0.1) is 20.8 Å². The highest BCUT2D eigenvalue weighted by Crippen LogP contribution is 2.37. The third-order valence-corrected chi connectivity index (χ3v) is 3.04. The Kier molecular flexibility index (Phi) is 11.8. The van der Waals surface area contributed by atoms with Gasteiger partial charge in [-0.25, -0.2) is 0 Å². The average Bonchev–Trinajstić information content (AvgIpc) is 2.46. The minimum atomic E-state index is 0.414. The third-order valence-electron chi connectivity index (χ3n) is 3.04. The number of methoxy groups -OCH3 is 1. The Bertz CT molecular complexity index is 409. The van der Waals surface area contributed by atoms with Crippen LogP contribution in [0.3, 0.4) is 0 Å². The lowest BCUT2D eigenvalue weighted by Crippen LogP contribution is -2.00. The first-order chi connectivity index (χ1) is 9.45. The largest absolute Gasteiger partial charge is 0.507 e. The monoisotopic (exact) mass is 282 g/mol. The maximum Gasteiger partial charge on any atom is 0.125 e. The van der Waals surface area contributed by atoms with Crippen LogP contribution in [0.15, 0.2) is 0 Å². The molecule has 0 bridgehead atoms. The van der Waals surface area contributed by atoms with Gasteiger partial charge in [-0.15, -0.1) is 0 Å². The SMILES string of the molecule is CC.CC=O.CCCc1c(C)c(O)c(C)c(C)c1OC. The first-order valence-corrected chi connectivity index (χ1v) is 7.21. The van der Waals surface area contributed by atoms with Crippen LogP contribution in [0.25, 0.3) is 0 Å². The first kappa shape index (κ1) is 20.8. The number of aldehydes is 1. The van der Waals surface area contributed by atoms with E-state index in [0.29, 0.717) is 5.75 Å². The van der Waals surface area contributed by atoms with Crippen molar-refractivity contribution in [3.63, 3.8) is 0 Å². The summed E-state index contributed by atoms with van der Waals surface area (Å²) in [5.41, 5.74) is 4.06. The van der Waals surface area contributed by atoms with Crippen LogP contribution in [0.1, 0.15) is 56.4 Å². The fraction of sp³-hybridized carbons (Fsp3) is 0.588. The van der Waals surface area contributed by atoms with Crippen LogP contribution in [0.2, 0.25) is 0 Å². The van der Waals surface area contributed by atoms with Gasteiger partial charge in [0.2, 0.25) is 0 Å². The van der Waals surface area contributed by atoms with Crippen molar-refractivity contribution in [2.24, 2.45) is 0 Å². The minimum absolute atomic E-state index is 0.414. The molecular formula is C17H30O3. The molecule has 20 heavy (non-hydrogen) atoms. The van der Waals surface area contributed by atoms with Gasteiger partial charge in [0.25, 0.3) is 0 Å². The number of benzene rings is 1. The zero-order chi connectivity index (χ0) is 16.3. The van der Waals surface area contributed by atoms with E-state index in [1.807, 2.05) is 34.6 Å². The summed E-state index contributed by atoms with van der Waals surface area (Å²) in [6.45, 7) is 13.4. The Balaban J connectivity index is 0. The highest BCUT2D eigenvalue weighted by molar-refractivity contribution is 5.57. The lowest BCUT2D eigenvalue weighted by molar-refractivity contribution is -0.106. The van der Waals surface area contributed by atoms with E-state index in [2.05, 4.69) is 6.92 Å². The van der Waals surface area contributed by atoms with Crippen molar-refractivity contribution in [1.82, 2.24) is 0 Å². The van der Waals surface area contributed by atoms with Crippen LogP contribution in [-0.4, -0.2) is 18.5 Å². The predicted molar refractivity (Wildman–Crippen MR) is 86.0 cm³/mol. The number of hydrogen-bond acceptors (Lipinski definition) is 3. The standard InChI is InChI=1S/C13H20O2.C2H4O.C2H6/c1-6-7-11-10(4)12(14)8(2)9(3)13(11)15-5;1-2-3;1-2/h14H,6-7H2,1-5H3;2H,1H3;1-2H3. The summed E-state index contributed by atoms with van der Waals surface area (Å²) < 4.78 is 5.43. The van der Waals surface area contributed by atoms with Crippen molar-refractivity contribution >= 4 is 6.29 Å². The molecule has 0 unspecified atom stereocenters. The van der Waals surface area contributed by atoms with Crippen molar-refractivity contribution in [1.29, 1.82) is 0 Å². The average molecular weight is 282 g/mol. The van der Waals surface area contributed by atoms with Crippen LogP contribution in [0.4, 0.5) is 0 Å². The third kappa shape index (κ3) is 5.24. The summed E-state index contributed by atoms with van der Waals surface area (Å²) in [6.07, 6.45) is 2.75. The van der Waals surface area contributed by atoms with E-state index < -0.39 is 0 Å². The molecule has 0 heterocycles. The second kappa shape index (κ2) is 11.3. The van der Waals surface area contributed by atoms with Crippen molar-refractivity contribution in [2.45, 2.75) is 61.3 Å². The molecule has 0 aromatic heterocycles. The molecule has 0 amide bonds. The molecular weight excluding hydrogens is 252 g/mol. The molecule has 0 saturated heterocycles. The fourth-order valence-corrected chi connectivity index (χ4v) is 2.00. The summed E-state index contributed by atoms with van der Waals surface area (Å²) in [7, 11) is 1.69. The molecule has 0 aliphatic carbocycles. The second-order valence-corrected chi connectivity index (χ2v) is 4.22. The minimum Gasteiger partial charge on any atom is -0.507 e. The van der Waals surface area contributed by atoms with Gasteiger partial charge >= 0.3 is 0 Å². The number of carbonyl (C=O) groups excluding carboxylic acids is 1. The molecule has 1 N–H and O–H groups in total. The molecule has 116 valence electrons. The summed E-state index contributed by atoms with van der Waals surface area (Å²) >= 11 is 0. The van der Waals surface area contributed by atoms with E-state index >= 15 is 0 Å². The maximum absolute atomic E-state index is 9.96. The molecule has 0 saturated carbocycles. The van der Waals surface area contributed by atoms with Crippen molar-refractivity contribution in [3.8, 4) is 11.5 Å². The van der Waals surface area contributed by atoms with Crippen LogP contribution < -0.4 is 4.74 Å². The van der Waals surface area contributed by atoms with Gasteiger partial charge in [0.1, 0.15) is 17.8 Å². The quantitative estimate of drug-likeness (QED) is 0.830. The Labute approximate surface area is 124 Å². The number of rotatable bonds is 3. The van der Waals surface area contributed by atoms with Gasteiger partial charge in [-0.1, -0.05) is 27.2 Å². The Hall–Kier alpha value is -1.51. The summed E-state index contributed by atoms with van der Waals surface area (Å²) in [4.78, 5) is 8.81. The molecule has 0 atom stereocenters. The van der Waals surface area contributed by atoms with E-state index in [1.165, 1.54) is 6.92 Å². The lowest BCUT2D eigenvalue weighted by atomic mass is 9.95. The topological polar surface area (TPSA) is 46.5 Å². The number of carbonyl (C=O) groups is 1. The van der Waals surface area contributed by atoms with Crippen molar-refractivity contribution in [2.75, 3.05) is 7.11 Å². The van der Waals surface area contributed by atoms with E-state index in [0.717, 1.165) is 47.1 Å². The van der Waals surface area contributed by atoms with Gasteiger partial charge in [-0.3, -0.25) is 0 Å². The van der Waals surface area contributed by atoms with E-state index in [9.17, 15) is 5.11 Å². The van der Waals surface area contributed by atoms with Gasteiger partial charge in [0, 0.05) is 5.56 Å². The number of ether oxygens (including phenoxy) is 1. The molecule has 3 heteroatoms. The van der Waals surface area contributed by atoms with Gasteiger partial charge in [-0.05, 0) is 50.8 Å². The molecule has 0 aliphatic rings. The first-order valence-electron chi connectivity index (χ1n) is 7.21. The summed E-state index contributed by atoms with van der Waals surface area (Å²) in [6, 6.07) is 0. The Morgan fingerprint density at radius 1 is 1.10 bits per heavy atom. The van der Waals surface area contributed by atoms with Crippen LogP contribution in [-0.2, 0) is 11.2 Å². The van der Waals surface area contributed by atoms with E-state index in [-0.39, 0.29) is 0 Å². The Morgan fingerprint density at radius 3 is 1.90 bits per heavy atom. The van der Waals surface area contributed by atoms with Gasteiger partial charge in [-0.2, -0.15) is 0 Å². The zero-order valence-electron chi connectivity index (χ0n) is 14.3. The number of phenols is 1. The normalized spacial score (nSPS) is 8.80. The summed E-state index contributed by atoms with van der Waals surface area (Å²) in [5, 5.41) is 9.96. The highest BCUT2D eigenvalue weighted by Gasteiger charge is 2.16. The number of aromatic hydroxyl groups is 1. The molecule has 3 nitrogen and oxygen atoms in total. The summed E-state index contributed by atoms with van der Waals surface area (Å²) in [5.74, 6) is 1.35. The lowest BCUT2D eigenvalue weighted by Gasteiger charge is -2.18. The van der Waals surface area contributed by atoms with Gasteiger partial charge in [0.05, 0.1) is 7.11 Å². The smallest absolute Gasteiger partial charge is 0.125 e. The van der Waals surface area contributed by atoms with Crippen LogP contribution >= 0.6 is 0 Å². The molecule has 1 aromatic rings. The molecule has 0 spiro atoms. The van der Waals surface area contributed by atoms with Gasteiger partial charge < -0.3 is 14.6 Å². The van der Waals surface area contributed by atoms with Crippen LogP contribution in [0.5, 0.6) is 11.5 Å². The fourth-order valence-electron chi connectivity index (χ4n) is 2.00. The predicted octanol–water partition coefficient (Wildman–Crippen LogP) is 4.51.